The van der Waals surface area contributed by atoms with Crippen molar-refractivity contribution in [2.75, 3.05) is 26.3 Å². The van der Waals surface area contributed by atoms with Crippen LogP contribution in [0.1, 0.15) is 26.2 Å². The highest BCUT2D eigenvalue weighted by Gasteiger charge is 2.28. The lowest BCUT2D eigenvalue weighted by Crippen LogP contribution is -2.49. The van der Waals surface area contributed by atoms with Crippen LogP contribution in [0, 0.1) is 5.92 Å². The van der Waals surface area contributed by atoms with Gasteiger partial charge < -0.3 is 15.4 Å². The molecule has 0 aromatic heterocycles. The summed E-state index contributed by atoms with van der Waals surface area (Å²) in [5.41, 5.74) is 0. The minimum absolute atomic E-state index is 0.101. The maximum atomic E-state index is 11.8. The summed E-state index contributed by atoms with van der Waals surface area (Å²) in [5, 5.41) is 5.70. The number of carbonyl (C=O) groups excluding carboxylic acids is 1. The van der Waals surface area contributed by atoms with Gasteiger partial charge in [0.25, 0.3) is 0 Å². The van der Waals surface area contributed by atoms with Crippen molar-refractivity contribution in [1.82, 2.24) is 10.6 Å². The van der Waals surface area contributed by atoms with Gasteiger partial charge in [-0.1, -0.05) is 13.3 Å². The highest BCUT2D eigenvalue weighted by Crippen LogP contribution is 2.19. The van der Waals surface area contributed by atoms with Gasteiger partial charge in [-0.2, -0.15) is 13.2 Å². The van der Waals surface area contributed by atoms with Crippen LogP contribution in [0.25, 0.3) is 0 Å². The predicted molar refractivity (Wildman–Crippen MR) is 64.7 cm³/mol. The van der Waals surface area contributed by atoms with Crippen molar-refractivity contribution in [3.63, 3.8) is 0 Å². The molecule has 2 unspecified atom stereocenters. The van der Waals surface area contributed by atoms with Gasteiger partial charge in [0.2, 0.25) is 5.91 Å². The molecule has 1 amide bonds. The minimum Gasteiger partial charge on any atom is -0.370 e. The molecule has 4 nitrogen and oxygen atoms in total. The van der Waals surface area contributed by atoms with Crippen molar-refractivity contribution in [2.45, 2.75) is 38.4 Å². The number of hydrogen-bond acceptors (Lipinski definition) is 3. The Hall–Kier alpha value is -0.820. The topological polar surface area (TPSA) is 50.4 Å². The minimum atomic E-state index is -4.32. The van der Waals surface area contributed by atoms with E-state index in [1.165, 1.54) is 0 Å². The summed E-state index contributed by atoms with van der Waals surface area (Å²) < 4.78 is 39.8. The molecule has 2 atom stereocenters. The van der Waals surface area contributed by atoms with E-state index in [4.69, 9.17) is 0 Å². The Morgan fingerprint density at radius 2 is 2.21 bits per heavy atom. The van der Waals surface area contributed by atoms with E-state index in [0.717, 1.165) is 25.8 Å². The van der Waals surface area contributed by atoms with Crippen LogP contribution in [0.3, 0.4) is 0 Å². The fourth-order valence-corrected chi connectivity index (χ4v) is 2.12. The summed E-state index contributed by atoms with van der Waals surface area (Å²) in [6.45, 7) is 1.60. The Morgan fingerprint density at radius 1 is 1.47 bits per heavy atom. The first-order valence-corrected chi connectivity index (χ1v) is 6.58. The van der Waals surface area contributed by atoms with Gasteiger partial charge in [0.05, 0.1) is 12.6 Å². The predicted octanol–water partition coefficient (Wildman–Crippen LogP) is 1.46. The van der Waals surface area contributed by atoms with Crippen LogP contribution in [0.2, 0.25) is 0 Å². The zero-order valence-electron chi connectivity index (χ0n) is 11.1. The highest BCUT2D eigenvalue weighted by molar-refractivity contribution is 5.81. The van der Waals surface area contributed by atoms with E-state index in [9.17, 15) is 18.0 Å². The van der Waals surface area contributed by atoms with Crippen molar-refractivity contribution in [3.05, 3.63) is 0 Å². The number of ether oxygens (including phenoxy) is 1. The van der Waals surface area contributed by atoms with E-state index < -0.39 is 12.8 Å². The second-order valence-electron chi connectivity index (χ2n) is 4.76. The largest absolute Gasteiger partial charge is 0.411 e. The molecule has 0 spiro atoms. The monoisotopic (exact) mass is 282 g/mol. The number of piperidine rings is 1. The summed E-state index contributed by atoms with van der Waals surface area (Å²) in [6, 6.07) is -0.235. The molecule has 2 N–H and O–H groups in total. The van der Waals surface area contributed by atoms with E-state index in [2.05, 4.69) is 22.3 Å². The van der Waals surface area contributed by atoms with Crippen molar-refractivity contribution in [3.8, 4) is 0 Å². The second-order valence-corrected chi connectivity index (χ2v) is 4.76. The number of halogens is 3. The molecule has 0 aliphatic carbocycles. The molecule has 1 rings (SSSR count). The highest BCUT2D eigenvalue weighted by atomic mass is 19.4. The molecule has 0 aromatic rings. The molecular weight excluding hydrogens is 261 g/mol. The van der Waals surface area contributed by atoms with E-state index in [-0.39, 0.29) is 25.1 Å². The zero-order chi connectivity index (χ0) is 14.3. The molecule has 112 valence electrons. The number of nitrogens with one attached hydrogen (secondary N) is 2. The fraction of sp³-hybridized carbons (Fsp3) is 0.917. The second kappa shape index (κ2) is 7.69. The number of alkyl halides is 3. The van der Waals surface area contributed by atoms with Crippen molar-refractivity contribution >= 4 is 5.91 Å². The molecule has 0 radical (unpaired) electrons. The first-order valence-electron chi connectivity index (χ1n) is 6.58. The molecule has 1 fully saturated rings. The molecule has 19 heavy (non-hydrogen) atoms. The lowest BCUT2D eigenvalue weighted by atomic mass is 9.90. The Kier molecular flexibility index (Phi) is 6.57. The van der Waals surface area contributed by atoms with Gasteiger partial charge >= 0.3 is 6.18 Å². The summed E-state index contributed by atoms with van der Waals surface area (Å²) in [5.74, 6) is 0.382. The summed E-state index contributed by atoms with van der Waals surface area (Å²) in [4.78, 5) is 11.8. The van der Waals surface area contributed by atoms with Crippen molar-refractivity contribution in [1.29, 1.82) is 0 Å². The maximum absolute atomic E-state index is 11.8. The molecule has 1 saturated heterocycles. The van der Waals surface area contributed by atoms with Gasteiger partial charge in [-0.25, -0.2) is 0 Å². The summed E-state index contributed by atoms with van der Waals surface area (Å²) in [6.07, 6.45) is -1.43. The van der Waals surface area contributed by atoms with E-state index in [1.807, 2.05) is 0 Å². The van der Waals surface area contributed by atoms with Crippen molar-refractivity contribution in [2.24, 2.45) is 5.92 Å². The smallest absolute Gasteiger partial charge is 0.370 e. The van der Waals surface area contributed by atoms with Gasteiger partial charge in [0.1, 0.15) is 6.61 Å². The van der Waals surface area contributed by atoms with Crippen LogP contribution in [-0.4, -0.2) is 44.4 Å². The average molecular weight is 282 g/mol. The Labute approximate surface area is 111 Å². The Bertz CT molecular complexity index is 285. The Balaban J connectivity index is 2.13. The van der Waals surface area contributed by atoms with Gasteiger partial charge in [-0.15, -0.1) is 0 Å². The molecule has 0 aromatic carbocycles. The maximum Gasteiger partial charge on any atom is 0.411 e. The average Bonchev–Trinajstić information content (AvgIpc) is 2.37. The summed E-state index contributed by atoms with van der Waals surface area (Å²) in [7, 11) is 0. The number of rotatable bonds is 6. The SMILES string of the molecule is CCC1CCNC(C(=O)NCCOCC(F)(F)F)C1. The standard InChI is InChI=1S/C12H21F3N2O2/c1-2-9-3-4-16-10(7-9)11(18)17-5-6-19-8-12(13,14)15/h9-10,16H,2-8H2,1H3,(H,17,18). The van der Waals surface area contributed by atoms with Gasteiger partial charge in [0, 0.05) is 6.54 Å². The van der Waals surface area contributed by atoms with E-state index in [1.54, 1.807) is 0 Å². The first-order chi connectivity index (χ1) is 8.92. The molecule has 1 aliphatic heterocycles. The van der Waals surface area contributed by atoms with Crippen molar-refractivity contribution < 1.29 is 22.7 Å². The molecule has 1 heterocycles. The molecule has 0 saturated carbocycles. The van der Waals surface area contributed by atoms with Crippen LogP contribution in [0.15, 0.2) is 0 Å². The number of hydrogen-bond donors (Lipinski definition) is 2. The van der Waals surface area contributed by atoms with Gasteiger partial charge in [-0.3, -0.25) is 4.79 Å². The quantitative estimate of drug-likeness (QED) is 0.725. The molecule has 0 bridgehead atoms. The van der Waals surface area contributed by atoms with Crippen LogP contribution in [0.4, 0.5) is 13.2 Å². The molecule has 7 heteroatoms. The summed E-state index contributed by atoms with van der Waals surface area (Å²) >= 11 is 0. The van der Waals surface area contributed by atoms with Crippen LogP contribution >= 0.6 is 0 Å². The molecular formula is C12H21F3N2O2. The van der Waals surface area contributed by atoms with E-state index in [0.29, 0.717) is 5.92 Å². The fourth-order valence-electron chi connectivity index (χ4n) is 2.12. The first kappa shape index (κ1) is 16.2. The van der Waals surface area contributed by atoms with Gasteiger partial charge in [0.15, 0.2) is 0 Å². The van der Waals surface area contributed by atoms with E-state index >= 15 is 0 Å². The number of amides is 1. The number of carbonyl (C=O) groups is 1. The van der Waals surface area contributed by atoms with Crippen LogP contribution in [-0.2, 0) is 9.53 Å². The van der Waals surface area contributed by atoms with Gasteiger partial charge in [-0.05, 0) is 25.3 Å². The Morgan fingerprint density at radius 3 is 2.84 bits per heavy atom. The lowest BCUT2D eigenvalue weighted by molar-refractivity contribution is -0.173. The normalized spacial score (nSPS) is 24.2. The van der Waals surface area contributed by atoms with Crippen LogP contribution in [0.5, 0.6) is 0 Å². The zero-order valence-corrected chi connectivity index (χ0v) is 11.1. The third-order valence-electron chi connectivity index (χ3n) is 3.22. The molecule has 1 aliphatic rings. The third kappa shape index (κ3) is 6.77. The van der Waals surface area contributed by atoms with Crippen LogP contribution < -0.4 is 10.6 Å². The third-order valence-corrected chi connectivity index (χ3v) is 3.22. The lowest BCUT2D eigenvalue weighted by Gasteiger charge is -2.28.